The smallest absolute Gasteiger partial charge is 0.301 e. The van der Waals surface area contributed by atoms with Gasteiger partial charge in [0.1, 0.15) is 0 Å². The molecule has 1 aromatic heterocycles. The molecule has 0 aliphatic rings. The van der Waals surface area contributed by atoms with Crippen LogP contribution in [-0.4, -0.2) is 15.2 Å². The fourth-order valence-corrected chi connectivity index (χ4v) is 0.431. The summed E-state index contributed by atoms with van der Waals surface area (Å²) < 4.78 is 35.1. The monoisotopic (exact) mass is 165 g/mol. The molecule has 0 aliphatic carbocycles. The zero-order valence-electron chi connectivity index (χ0n) is 4.98. The van der Waals surface area contributed by atoms with Gasteiger partial charge in [-0.2, -0.15) is 13.2 Å². The van der Waals surface area contributed by atoms with Crippen molar-refractivity contribution in [2.24, 2.45) is 5.11 Å². The fraction of sp³-hybridized carbons (Fsp3) is 0.333. The van der Waals surface area contributed by atoms with Crippen LogP contribution in [0.4, 0.5) is 19.1 Å². The van der Waals surface area contributed by atoms with Crippen LogP contribution in [0.3, 0.4) is 0 Å². The van der Waals surface area contributed by atoms with Crippen LogP contribution in [0.15, 0.2) is 5.11 Å². The normalized spacial score (nSPS) is 11.5. The molecule has 0 aromatic carbocycles. The third-order valence-corrected chi connectivity index (χ3v) is 0.849. The van der Waals surface area contributed by atoms with Crippen LogP contribution in [0.25, 0.3) is 0 Å². The van der Waals surface area contributed by atoms with Crippen molar-refractivity contribution in [1.82, 2.24) is 15.2 Å². The van der Waals surface area contributed by atoms with Gasteiger partial charge >= 0.3 is 6.18 Å². The van der Waals surface area contributed by atoms with Crippen molar-refractivity contribution >= 4 is 5.95 Å². The Balaban J connectivity index is 2.98. The molecule has 0 unspecified atom stereocenters. The number of nitrogens with zero attached hydrogens (tertiary/aromatic N) is 3. The third kappa shape index (κ3) is 1.51. The molecule has 0 atom stereocenters. The van der Waals surface area contributed by atoms with Gasteiger partial charge in [-0.15, -0.1) is 15.3 Å². The average molecular weight is 165 g/mol. The minimum absolute atomic E-state index is 0.461. The van der Waals surface area contributed by atoms with Gasteiger partial charge in [-0.25, -0.2) is 5.53 Å². The van der Waals surface area contributed by atoms with E-state index in [9.17, 15) is 13.2 Å². The van der Waals surface area contributed by atoms with Crippen LogP contribution in [-0.2, 0) is 6.18 Å². The zero-order chi connectivity index (χ0) is 8.48. The lowest BCUT2D eigenvalue weighted by molar-refractivity contribution is -0.144. The molecule has 0 spiro atoms. The average Bonchev–Trinajstić information content (AvgIpc) is 2.32. The maximum atomic E-state index is 11.7. The number of alkyl halides is 3. The van der Waals surface area contributed by atoms with E-state index in [0.717, 1.165) is 0 Å². The summed E-state index contributed by atoms with van der Waals surface area (Å²) in [7, 11) is 0. The molecule has 0 fully saturated rings. The molecular formula is C3H2F3N5. The van der Waals surface area contributed by atoms with Gasteiger partial charge in [0, 0.05) is 0 Å². The van der Waals surface area contributed by atoms with Gasteiger partial charge in [0.15, 0.2) is 0 Å². The van der Waals surface area contributed by atoms with E-state index in [4.69, 9.17) is 5.53 Å². The van der Waals surface area contributed by atoms with Crippen LogP contribution in [0.1, 0.15) is 5.82 Å². The molecule has 0 bridgehead atoms. The Kier molecular flexibility index (Phi) is 1.59. The maximum absolute atomic E-state index is 11.7. The van der Waals surface area contributed by atoms with Gasteiger partial charge in [-0.3, -0.25) is 0 Å². The SMILES string of the molecule is N=Nc1nnc(C(F)(F)F)[nH]1. The summed E-state index contributed by atoms with van der Waals surface area (Å²) in [4.78, 5) is 1.70. The van der Waals surface area contributed by atoms with Gasteiger partial charge in [0.05, 0.1) is 0 Å². The van der Waals surface area contributed by atoms with Crippen molar-refractivity contribution < 1.29 is 13.2 Å². The Labute approximate surface area is 58.1 Å². The van der Waals surface area contributed by atoms with E-state index < -0.39 is 17.9 Å². The van der Waals surface area contributed by atoms with E-state index in [1.54, 1.807) is 4.98 Å². The van der Waals surface area contributed by atoms with E-state index >= 15 is 0 Å². The quantitative estimate of drug-likeness (QED) is 0.618. The summed E-state index contributed by atoms with van der Waals surface area (Å²) in [5.41, 5.74) is 6.29. The standard InChI is InChI=1S/C3H2F3N5/c4-3(5,6)1-8-2(9-7)11-10-1/h7H,(H,8,10,11). The first kappa shape index (κ1) is 7.63. The van der Waals surface area contributed by atoms with Crippen molar-refractivity contribution in [1.29, 1.82) is 5.53 Å². The van der Waals surface area contributed by atoms with E-state index in [2.05, 4.69) is 15.3 Å². The summed E-state index contributed by atoms with van der Waals surface area (Å²) in [6, 6.07) is 0. The van der Waals surface area contributed by atoms with Crippen LogP contribution in [0, 0.1) is 5.53 Å². The van der Waals surface area contributed by atoms with E-state index in [-0.39, 0.29) is 0 Å². The summed E-state index contributed by atoms with van der Waals surface area (Å²) in [6.45, 7) is 0. The molecule has 0 amide bonds. The zero-order valence-corrected chi connectivity index (χ0v) is 4.98. The van der Waals surface area contributed by atoms with E-state index in [1.165, 1.54) is 0 Å². The second kappa shape index (κ2) is 2.29. The summed E-state index contributed by atoms with van der Waals surface area (Å²) in [6.07, 6.45) is -4.56. The first-order valence-electron chi connectivity index (χ1n) is 2.41. The molecule has 0 saturated carbocycles. The highest BCUT2D eigenvalue weighted by molar-refractivity contribution is 5.11. The molecule has 8 heteroatoms. The number of rotatable bonds is 1. The number of aromatic amines is 1. The second-order valence-corrected chi connectivity index (χ2v) is 1.61. The number of nitrogens with one attached hydrogen (secondary N) is 2. The summed E-state index contributed by atoms with van der Waals surface area (Å²) in [5.74, 6) is -1.71. The number of hydrogen-bond acceptors (Lipinski definition) is 4. The molecule has 0 aliphatic heterocycles. The largest absolute Gasteiger partial charge is 0.451 e. The van der Waals surface area contributed by atoms with Crippen molar-refractivity contribution in [3.63, 3.8) is 0 Å². The molecule has 0 radical (unpaired) electrons. The van der Waals surface area contributed by atoms with Crippen LogP contribution < -0.4 is 0 Å². The molecule has 11 heavy (non-hydrogen) atoms. The predicted octanol–water partition coefficient (Wildman–Crippen LogP) is 1.49. The number of H-pyrrole nitrogens is 1. The first-order chi connectivity index (χ1) is 5.04. The van der Waals surface area contributed by atoms with Crippen molar-refractivity contribution in [3.8, 4) is 0 Å². The number of hydrogen-bond donors (Lipinski definition) is 2. The Morgan fingerprint density at radius 3 is 2.27 bits per heavy atom. The van der Waals surface area contributed by atoms with Gasteiger partial charge < -0.3 is 4.98 Å². The van der Waals surface area contributed by atoms with Crippen molar-refractivity contribution in [2.45, 2.75) is 6.18 Å². The lowest BCUT2D eigenvalue weighted by Gasteiger charge is -1.97. The molecule has 0 saturated heterocycles. The first-order valence-corrected chi connectivity index (χ1v) is 2.41. The van der Waals surface area contributed by atoms with Crippen molar-refractivity contribution in [3.05, 3.63) is 5.82 Å². The highest BCUT2D eigenvalue weighted by Crippen LogP contribution is 2.26. The minimum Gasteiger partial charge on any atom is -0.301 e. The van der Waals surface area contributed by atoms with E-state index in [1.807, 2.05) is 0 Å². The highest BCUT2D eigenvalue weighted by atomic mass is 19.4. The predicted molar refractivity (Wildman–Crippen MR) is 26.2 cm³/mol. The van der Waals surface area contributed by atoms with Gasteiger partial charge in [-0.1, -0.05) is 0 Å². The van der Waals surface area contributed by atoms with Crippen LogP contribution in [0.2, 0.25) is 0 Å². The lowest BCUT2D eigenvalue weighted by atomic mass is 10.6. The topological polar surface area (TPSA) is 77.8 Å². The molecule has 1 aromatic rings. The Morgan fingerprint density at radius 1 is 1.36 bits per heavy atom. The molecule has 1 heterocycles. The van der Waals surface area contributed by atoms with Crippen LogP contribution in [0.5, 0.6) is 0 Å². The maximum Gasteiger partial charge on any atom is 0.451 e. The molecule has 1 rings (SSSR count). The minimum atomic E-state index is -4.56. The Bertz CT molecular complexity index is 262. The molecule has 2 N–H and O–H groups in total. The second-order valence-electron chi connectivity index (χ2n) is 1.61. The third-order valence-electron chi connectivity index (χ3n) is 0.849. The highest BCUT2D eigenvalue weighted by Gasteiger charge is 2.35. The van der Waals surface area contributed by atoms with Gasteiger partial charge in [0.2, 0.25) is 5.82 Å². The number of aromatic nitrogens is 3. The van der Waals surface area contributed by atoms with Gasteiger partial charge in [-0.05, 0) is 0 Å². The van der Waals surface area contributed by atoms with Crippen molar-refractivity contribution in [2.75, 3.05) is 0 Å². The van der Waals surface area contributed by atoms with E-state index in [0.29, 0.717) is 0 Å². The van der Waals surface area contributed by atoms with Crippen LogP contribution >= 0.6 is 0 Å². The summed E-state index contributed by atoms with van der Waals surface area (Å²) >= 11 is 0. The van der Waals surface area contributed by atoms with Gasteiger partial charge in [0.25, 0.3) is 5.95 Å². The Morgan fingerprint density at radius 2 is 2.00 bits per heavy atom. The fourth-order valence-electron chi connectivity index (χ4n) is 0.431. The lowest BCUT2D eigenvalue weighted by Crippen LogP contribution is -2.07. The Hall–Kier alpha value is -1.47. The molecule has 60 valence electrons. The molecular weight excluding hydrogens is 163 g/mol. The number of halogens is 3. The molecule has 5 nitrogen and oxygen atoms in total. The summed E-state index contributed by atoms with van der Waals surface area (Å²) in [5, 5.41) is 8.26.